The first-order valence-electron chi connectivity index (χ1n) is 6.71. The van der Waals surface area contributed by atoms with Gasteiger partial charge in [0.25, 0.3) is 0 Å². The Bertz CT molecular complexity index is 750. The molecule has 0 bridgehead atoms. The van der Waals surface area contributed by atoms with Gasteiger partial charge in [-0.2, -0.15) is 5.26 Å². The van der Waals surface area contributed by atoms with E-state index in [1.54, 1.807) is 26.0 Å². The summed E-state index contributed by atoms with van der Waals surface area (Å²) in [5.74, 6) is -1.28. The van der Waals surface area contributed by atoms with Crippen LogP contribution in [0.25, 0.3) is 0 Å². The molecule has 0 aliphatic heterocycles. The van der Waals surface area contributed by atoms with E-state index < -0.39 is 11.8 Å². The van der Waals surface area contributed by atoms with Crippen LogP contribution < -0.4 is 4.74 Å². The number of rotatable bonds is 4. The minimum atomic E-state index is -0.671. The van der Waals surface area contributed by atoms with Gasteiger partial charge in [-0.1, -0.05) is 18.2 Å². The molecular formula is C17H14FNO3. The number of hydrogen-bond donors (Lipinski definition) is 0. The van der Waals surface area contributed by atoms with E-state index in [9.17, 15) is 9.18 Å². The molecule has 0 fully saturated rings. The van der Waals surface area contributed by atoms with Crippen molar-refractivity contribution in [3.05, 3.63) is 58.9 Å². The summed E-state index contributed by atoms with van der Waals surface area (Å²) in [7, 11) is 0. The predicted molar refractivity (Wildman–Crippen MR) is 78.3 cm³/mol. The Morgan fingerprint density at radius 2 is 2.00 bits per heavy atom. The van der Waals surface area contributed by atoms with Crippen molar-refractivity contribution in [3.63, 3.8) is 0 Å². The highest BCUT2D eigenvalue weighted by Gasteiger charge is 2.19. The monoisotopic (exact) mass is 299 g/mol. The van der Waals surface area contributed by atoms with Gasteiger partial charge in [-0.3, -0.25) is 0 Å². The van der Waals surface area contributed by atoms with Crippen molar-refractivity contribution in [3.8, 4) is 17.6 Å². The lowest BCUT2D eigenvalue weighted by Gasteiger charge is -2.13. The van der Waals surface area contributed by atoms with Gasteiger partial charge in [0, 0.05) is 0 Å². The number of carbonyl (C=O) groups excluding carboxylic acids is 1. The molecule has 112 valence electrons. The smallest absolute Gasteiger partial charge is 0.342 e. The molecule has 2 rings (SSSR count). The number of carbonyl (C=O) groups is 1. The summed E-state index contributed by atoms with van der Waals surface area (Å²) in [5, 5.41) is 9.05. The first-order chi connectivity index (χ1) is 10.6. The highest BCUT2D eigenvalue weighted by molar-refractivity contribution is 5.94. The lowest BCUT2D eigenvalue weighted by molar-refractivity contribution is 0.0522. The lowest BCUT2D eigenvalue weighted by Crippen LogP contribution is -2.09. The van der Waals surface area contributed by atoms with Gasteiger partial charge in [0.1, 0.15) is 17.4 Å². The van der Waals surface area contributed by atoms with Crippen LogP contribution in [0.4, 0.5) is 4.39 Å². The van der Waals surface area contributed by atoms with E-state index in [0.717, 1.165) is 0 Å². The fraction of sp³-hybridized carbons (Fsp3) is 0.176. The molecule has 0 N–H and O–H groups in total. The molecule has 2 aromatic rings. The predicted octanol–water partition coefficient (Wildman–Crippen LogP) is 3.97. The van der Waals surface area contributed by atoms with Crippen LogP contribution in [0, 0.1) is 24.1 Å². The average Bonchev–Trinajstić information content (AvgIpc) is 2.49. The SMILES string of the molecule is CCOC(=O)c1c(C)cccc1Oc1c(F)cccc1C#N. The molecule has 0 radical (unpaired) electrons. The molecule has 0 heterocycles. The number of para-hydroxylation sites is 1. The second-order valence-corrected chi connectivity index (χ2v) is 4.50. The first kappa shape index (κ1) is 15.5. The van der Waals surface area contributed by atoms with Crippen molar-refractivity contribution in [2.45, 2.75) is 13.8 Å². The summed E-state index contributed by atoms with van der Waals surface area (Å²) >= 11 is 0. The Labute approximate surface area is 127 Å². The average molecular weight is 299 g/mol. The summed E-state index contributed by atoms with van der Waals surface area (Å²) in [6.07, 6.45) is 0. The molecule has 4 nitrogen and oxygen atoms in total. The minimum absolute atomic E-state index is 0.0521. The zero-order valence-corrected chi connectivity index (χ0v) is 12.2. The minimum Gasteiger partial charge on any atom is -0.462 e. The zero-order valence-electron chi connectivity index (χ0n) is 12.2. The van der Waals surface area contributed by atoms with Crippen molar-refractivity contribution in [1.82, 2.24) is 0 Å². The molecule has 0 aliphatic rings. The highest BCUT2D eigenvalue weighted by atomic mass is 19.1. The van der Waals surface area contributed by atoms with E-state index >= 15 is 0 Å². The molecular weight excluding hydrogens is 285 g/mol. The third-order valence-corrected chi connectivity index (χ3v) is 3.01. The molecule has 0 unspecified atom stereocenters. The maximum atomic E-state index is 13.9. The first-order valence-corrected chi connectivity index (χ1v) is 6.71. The van der Waals surface area contributed by atoms with E-state index in [1.165, 1.54) is 24.3 Å². The van der Waals surface area contributed by atoms with Crippen LogP contribution in [0.5, 0.6) is 11.5 Å². The van der Waals surface area contributed by atoms with Gasteiger partial charge in [0.05, 0.1) is 12.2 Å². The molecule has 0 saturated carbocycles. The van der Waals surface area contributed by atoms with E-state index in [1.807, 2.05) is 6.07 Å². The largest absolute Gasteiger partial charge is 0.462 e. The van der Waals surface area contributed by atoms with Crippen LogP contribution in [0.15, 0.2) is 36.4 Å². The number of halogens is 1. The number of benzene rings is 2. The van der Waals surface area contributed by atoms with Crippen LogP contribution in [-0.2, 0) is 4.74 Å². The van der Waals surface area contributed by atoms with E-state index in [0.29, 0.717) is 5.56 Å². The normalized spacial score (nSPS) is 9.91. The molecule has 0 aliphatic carbocycles. The molecule has 0 saturated heterocycles. The summed E-state index contributed by atoms with van der Waals surface area (Å²) < 4.78 is 24.4. The van der Waals surface area contributed by atoms with Crippen LogP contribution in [0.1, 0.15) is 28.4 Å². The Balaban J connectivity index is 2.50. The van der Waals surface area contributed by atoms with Crippen molar-refractivity contribution < 1.29 is 18.7 Å². The van der Waals surface area contributed by atoms with Gasteiger partial charge in [-0.05, 0) is 37.6 Å². The van der Waals surface area contributed by atoms with Crippen LogP contribution in [0.2, 0.25) is 0 Å². The lowest BCUT2D eigenvalue weighted by atomic mass is 10.1. The Kier molecular flexibility index (Phi) is 4.74. The van der Waals surface area contributed by atoms with Gasteiger partial charge in [-0.15, -0.1) is 0 Å². The second-order valence-electron chi connectivity index (χ2n) is 4.50. The molecule has 22 heavy (non-hydrogen) atoms. The van der Waals surface area contributed by atoms with Crippen molar-refractivity contribution in [1.29, 1.82) is 5.26 Å². The molecule has 0 atom stereocenters. The number of nitrogens with zero attached hydrogens (tertiary/aromatic N) is 1. The number of aryl methyl sites for hydroxylation is 1. The van der Waals surface area contributed by atoms with Gasteiger partial charge in [0.15, 0.2) is 11.6 Å². The van der Waals surface area contributed by atoms with Crippen LogP contribution in [-0.4, -0.2) is 12.6 Å². The van der Waals surface area contributed by atoms with E-state index in [4.69, 9.17) is 14.7 Å². The maximum absolute atomic E-state index is 13.9. The second kappa shape index (κ2) is 6.72. The van der Waals surface area contributed by atoms with Crippen LogP contribution >= 0.6 is 0 Å². The standard InChI is InChI=1S/C17H14FNO3/c1-3-21-17(20)15-11(2)6-4-9-14(15)22-16-12(10-19)7-5-8-13(16)18/h4-9H,3H2,1-2H3. The number of nitriles is 1. The Hall–Kier alpha value is -2.87. The van der Waals surface area contributed by atoms with Crippen LogP contribution in [0.3, 0.4) is 0 Å². The van der Waals surface area contributed by atoms with Gasteiger partial charge in [0.2, 0.25) is 0 Å². The summed E-state index contributed by atoms with van der Waals surface area (Å²) in [5.41, 5.74) is 0.915. The summed E-state index contributed by atoms with van der Waals surface area (Å²) in [4.78, 5) is 12.1. The fourth-order valence-corrected chi connectivity index (χ4v) is 2.00. The highest BCUT2D eigenvalue weighted by Crippen LogP contribution is 2.32. The number of esters is 1. The number of hydrogen-bond acceptors (Lipinski definition) is 4. The Morgan fingerprint density at radius 3 is 2.68 bits per heavy atom. The molecule has 2 aromatic carbocycles. The quantitative estimate of drug-likeness (QED) is 0.801. The van der Waals surface area contributed by atoms with Crippen molar-refractivity contribution >= 4 is 5.97 Å². The topological polar surface area (TPSA) is 59.3 Å². The van der Waals surface area contributed by atoms with E-state index in [-0.39, 0.29) is 29.2 Å². The molecule has 5 heteroatoms. The van der Waals surface area contributed by atoms with Crippen molar-refractivity contribution in [2.24, 2.45) is 0 Å². The van der Waals surface area contributed by atoms with E-state index in [2.05, 4.69) is 0 Å². The third kappa shape index (κ3) is 3.07. The zero-order chi connectivity index (χ0) is 16.1. The summed E-state index contributed by atoms with van der Waals surface area (Å²) in [6.45, 7) is 3.64. The number of ether oxygens (including phenoxy) is 2. The van der Waals surface area contributed by atoms with Gasteiger partial charge < -0.3 is 9.47 Å². The van der Waals surface area contributed by atoms with Gasteiger partial charge >= 0.3 is 5.97 Å². The third-order valence-electron chi connectivity index (χ3n) is 3.01. The van der Waals surface area contributed by atoms with Gasteiger partial charge in [-0.25, -0.2) is 9.18 Å². The molecule has 0 spiro atoms. The molecule has 0 amide bonds. The fourth-order valence-electron chi connectivity index (χ4n) is 2.00. The maximum Gasteiger partial charge on any atom is 0.342 e. The Morgan fingerprint density at radius 1 is 1.27 bits per heavy atom. The molecule has 0 aromatic heterocycles. The van der Waals surface area contributed by atoms with Crippen molar-refractivity contribution in [2.75, 3.05) is 6.61 Å². The summed E-state index contributed by atoms with van der Waals surface area (Å²) in [6, 6.07) is 10.9.